The zero-order chi connectivity index (χ0) is 16.8. The van der Waals surface area contributed by atoms with Crippen LogP contribution in [0.4, 0.5) is 0 Å². The van der Waals surface area contributed by atoms with E-state index in [1.165, 1.54) is 4.31 Å². The molecule has 1 rings (SSSR count). The summed E-state index contributed by atoms with van der Waals surface area (Å²) in [6.45, 7) is 7.38. The van der Waals surface area contributed by atoms with Crippen LogP contribution < -0.4 is 5.73 Å². The van der Waals surface area contributed by atoms with E-state index in [0.29, 0.717) is 32.6 Å². The van der Waals surface area contributed by atoms with Crippen LogP contribution in [0.15, 0.2) is 0 Å². The van der Waals surface area contributed by atoms with Crippen LogP contribution in [0.25, 0.3) is 0 Å². The highest BCUT2D eigenvalue weighted by Gasteiger charge is 2.30. The highest BCUT2D eigenvalue weighted by molar-refractivity contribution is 7.89. The van der Waals surface area contributed by atoms with Crippen molar-refractivity contribution in [3.63, 3.8) is 0 Å². The Labute approximate surface area is 133 Å². The molecule has 1 amide bonds. The number of piperazine rings is 1. The molecule has 2 N–H and O–H groups in total. The van der Waals surface area contributed by atoms with Crippen LogP contribution in [0.1, 0.15) is 33.6 Å². The maximum atomic E-state index is 12.2. The number of amides is 1. The molecule has 0 aromatic carbocycles. The highest BCUT2D eigenvalue weighted by atomic mass is 32.2. The molecule has 0 bridgehead atoms. The van der Waals surface area contributed by atoms with Crippen LogP contribution in [0.3, 0.4) is 0 Å². The van der Waals surface area contributed by atoms with E-state index in [-0.39, 0.29) is 24.4 Å². The van der Waals surface area contributed by atoms with Gasteiger partial charge in [-0.25, -0.2) is 8.42 Å². The summed E-state index contributed by atoms with van der Waals surface area (Å²) in [5.41, 5.74) is 5.83. The van der Waals surface area contributed by atoms with Crippen LogP contribution in [-0.2, 0) is 19.6 Å². The number of rotatable bonds is 8. The lowest BCUT2D eigenvalue weighted by Crippen LogP contribution is -2.54. The van der Waals surface area contributed by atoms with Gasteiger partial charge in [-0.05, 0) is 20.3 Å². The second-order valence-electron chi connectivity index (χ2n) is 5.86. The molecule has 1 aliphatic heterocycles. The smallest absolute Gasteiger partial charge is 0.239 e. The van der Waals surface area contributed by atoms with Gasteiger partial charge >= 0.3 is 0 Å². The fourth-order valence-corrected chi connectivity index (χ4v) is 3.66. The monoisotopic (exact) mass is 335 g/mol. The normalized spacial score (nSPS) is 18.7. The summed E-state index contributed by atoms with van der Waals surface area (Å²) in [4.78, 5) is 13.8. The van der Waals surface area contributed by atoms with E-state index in [0.717, 1.165) is 6.42 Å². The first kappa shape index (κ1) is 19.3. The van der Waals surface area contributed by atoms with E-state index < -0.39 is 16.1 Å². The summed E-state index contributed by atoms with van der Waals surface area (Å²) in [6.07, 6.45) is 1.53. The second-order valence-corrected chi connectivity index (χ2v) is 7.94. The van der Waals surface area contributed by atoms with Gasteiger partial charge in [0.05, 0.1) is 24.5 Å². The van der Waals surface area contributed by atoms with Crippen molar-refractivity contribution in [3.8, 4) is 0 Å². The average molecular weight is 335 g/mol. The van der Waals surface area contributed by atoms with Gasteiger partial charge in [-0.15, -0.1) is 0 Å². The number of nitrogens with two attached hydrogens (primary N) is 1. The van der Waals surface area contributed by atoms with Gasteiger partial charge in [-0.2, -0.15) is 4.31 Å². The molecule has 0 aromatic rings. The predicted molar refractivity (Wildman–Crippen MR) is 85.9 cm³/mol. The topological polar surface area (TPSA) is 92.9 Å². The molecule has 0 saturated carbocycles. The first-order chi connectivity index (χ1) is 10.3. The van der Waals surface area contributed by atoms with Crippen LogP contribution in [0, 0.1) is 0 Å². The number of carbonyl (C=O) groups is 1. The number of sulfonamides is 1. The Hall–Kier alpha value is -0.700. The maximum absolute atomic E-state index is 12.2. The summed E-state index contributed by atoms with van der Waals surface area (Å²) in [7, 11) is -3.32. The molecule has 0 radical (unpaired) electrons. The molecule has 1 atom stereocenters. The molecule has 0 aliphatic carbocycles. The maximum Gasteiger partial charge on any atom is 0.239 e. The van der Waals surface area contributed by atoms with Crippen molar-refractivity contribution in [1.82, 2.24) is 9.21 Å². The van der Waals surface area contributed by atoms with Crippen molar-refractivity contribution in [1.29, 1.82) is 0 Å². The molecule has 1 heterocycles. The van der Waals surface area contributed by atoms with Gasteiger partial charge in [0.25, 0.3) is 0 Å². The third kappa shape index (κ3) is 5.83. The Balaban J connectivity index is 2.45. The van der Waals surface area contributed by atoms with Crippen molar-refractivity contribution >= 4 is 15.9 Å². The average Bonchev–Trinajstić information content (AvgIpc) is 2.46. The molecule has 1 fully saturated rings. The molecule has 8 heteroatoms. The van der Waals surface area contributed by atoms with Gasteiger partial charge < -0.3 is 15.4 Å². The van der Waals surface area contributed by atoms with Gasteiger partial charge in [0.2, 0.25) is 15.9 Å². The third-order valence-electron chi connectivity index (χ3n) is 3.65. The Morgan fingerprint density at radius 2 is 1.82 bits per heavy atom. The third-order valence-corrected chi connectivity index (χ3v) is 5.49. The molecular formula is C14H29N3O4S. The molecule has 0 spiro atoms. The van der Waals surface area contributed by atoms with Crippen LogP contribution in [-0.4, -0.2) is 74.2 Å². The van der Waals surface area contributed by atoms with Crippen molar-refractivity contribution in [2.24, 2.45) is 5.73 Å². The number of carbonyl (C=O) groups excluding carboxylic acids is 1. The summed E-state index contributed by atoms with van der Waals surface area (Å²) in [6, 6.07) is -0.479. The lowest BCUT2D eigenvalue weighted by molar-refractivity contribution is -0.133. The fraction of sp³-hybridized carbons (Fsp3) is 0.929. The molecule has 7 nitrogen and oxygen atoms in total. The zero-order valence-corrected chi connectivity index (χ0v) is 14.6. The zero-order valence-electron chi connectivity index (χ0n) is 13.8. The van der Waals surface area contributed by atoms with Crippen LogP contribution >= 0.6 is 0 Å². The van der Waals surface area contributed by atoms with E-state index in [2.05, 4.69) is 0 Å². The summed E-state index contributed by atoms with van der Waals surface area (Å²) in [5.74, 6) is -0.101. The Morgan fingerprint density at radius 1 is 1.23 bits per heavy atom. The fourth-order valence-electron chi connectivity index (χ4n) is 2.37. The number of hydrogen-bond acceptors (Lipinski definition) is 5. The Kier molecular flexibility index (Phi) is 7.75. The minimum absolute atomic E-state index is 0.0183. The quantitative estimate of drug-likeness (QED) is 0.675. The summed E-state index contributed by atoms with van der Waals surface area (Å²) >= 11 is 0. The minimum Gasteiger partial charge on any atom is -0.378 e. The summed E-state index contributed by atoms with van der Waals surface area (Å²) in [5, 5.41) is 0. The second kappa shape index (κ2) is 8.81. The largest absolute Gasteiger partial charge is 0.378 e. The molecule has 0 aromatic heterocycles. The van der Waals surface area contributed by atoms with E-state index in [4.69, 9.17) is 10.5 Å². The molecule has 22 heavy (non-hydrogen) atoms. The molecule has 1 unspecified atom stereocenters. The highest BCUT2D eigenvalue weighted by Crippen LogP contribution is 2.10. The van der Waals surface area contributed by atoms with Crippen molar-refractivity contribution in [2.75, 3.05) is 38.5 Å². The van der Waals surface area contributed by atoms with E-state index in [1.54, 1.807) is 4.90 Å². The first-order valence-electron chi connectivity index (χ1n) is 7.91. The number of hydrogen-bond donors (Lipinski definition) is 1. The molecule has 130 valence electrons. The van der Waals surface area contributed by atoms with Gasteiger partial charge in [0.15, 0.2) is 0 Å². The standard InChI is InChI=1S/C14H29N3O4S/c1-4-5-13(15)14(18)16-6-8-17(9-7-16)22(19,20)11-10-21-12(2)3/h12-13H,4-11,15H2,1-3H3. The van der Waals surface area contributed by atoms with Gasteiger partial charge in [0, 0.05) is 26.2 Å². The van der Waals surface area contributed by atoms with Gasteiger partial charge in [-0.1, -0.05) is 13.3 Å². The van der Waals surface area contributed by atoms with Gasteiger partial charge in [0.1, 0.15) is 0 Å². The lowest BCUT2D eigenvalue weighted by atomic mass is 10.1. The van der Waals surface area contributed by atoms with Crippen molar-refractivity contribution in [3.05, 3.63) is 0 Å². The SMILES string of the molecule is CCCC(N)C(=O)N1CCN(S(=O)(=O)CCOC(C)C)CC1. The molecule has 1 aliphatic rings. The van der Waals surface area contributed by atoms with E-state index >= 15 is 0 Å². The van der Waals surface area contributed by atoms with E-state index in [9.17, 15) is 13.2 Å². The van der Waals surface area contributed by atoms with Crippen LogP contribution in [0.2, 0.25) is 0 Å². The minimum atomic E-state index is -3.32. The Morgan fingerprint density at radius 3 is 2.32 bits per heavy atom. The van der Waals surface area contributed by atoms with Crippen molar-refractivity contribution in [2.45, 2.75) is 45.8 Å². The van der Waals surface area contributed by atoms with Crippen molar-refractivity contribution < 1.29 is 17.9 Å². The van der Waals surface area contributed by atoms with Gasteiger partial charge in [-0.3, -0.25) is 4.79 Å². The lowest BCUT2D eigenvalue weighted by Gasteiger charge is -2.35. The first-order valence-corrected chi connectivity index (χ1v) is 9.52. The predicted octanol–water partition coefficient (Wildman–Crippen LogP) is 0.0128. The number of nitrogens with zero attached hydrogens (tertiary/aromatic N) is 2. The molecule has 1 saturated heterocycles. The molecular weight excluding hydrogens is 306 g/mol. The number of ether oxygens (including phenoxy) is 1. The summed E-state index contributed by atoms with van der Waals surface area (Å²) < 4.78 is 31.1. The Bertz CT molecular complexity index is 445. The van der Waals surface area contributed by atoms with Crippen LogP contribution in [0.5, 0.6) is 0 Å². The van der Waals surface area contributed by atoms with E-state index in [1.807, 2.05) is 20.8 Å².